The minimum absolute atomic E-state index is 0.0170. The van der Waals surface area contributed by atoms with Gasteiger partial charge in [-0.2, -0.15) is 4.98 Å². The van der Waals surface area contributed by atoms with E-state index in [1.165, 1.54) is 10.9 Å². The van der Waals surface area contributed by atoms with Crippen LogP contribution in [0.1, 0.15) is 34.6 Å². The van der Waals surface area contributed by atoms with Gasteiger partial charge in [0.1, 0.15) is 12.3 Å². The highest BCUT2D eigenvalue weighted by atomic mass is 16.6. The summed E-state index contributed by atoms with van der Waals surface area (Å²) in [6, 6.07) is 0. The molecule has 2 rings (SSSR count). The van der Waals surface area contributed by atoms with Gasteiger partial charge < -0.3 is 20.3 Å². The minimum Gasteiger partial charge on any atom is -0.478 e. The lowest BCUT2D eigenvalue weighted by Gasteiger charge is -2.34. The number of alkyl carbamates (subject to hydrolysis) is 1. The number of hydrogen-bond donors (Lipinski definition) is 4. The lowest BCUT2D eigenvalue weighted by Crippen LogP contribution is -2.60. The summed E-state index contributed by atoms with van der Waals surface area (Å²) in [6.45, 7) is 7.72. The maximum Gasteiger partial charge on any atom is 0.410 e. The van der Waals surface area contributed by atoms with E-state index < -0.39 is 34.9 Å². The molecule has 0 aliphatic heterocycles. The molecule has 154 valence electrons. The number of anilines is 1. The summed E-state index contributed by atoms with van der Waals surface area (Å²) in [6.07, 6.45) is 0.310. The number of H-pyrrole nitrogens is 1. The van der Waals surface area contributed by atoms with Gasteiger partial charge in [-0.15, -0.1) is 0 Å². The smallest absolute Gasteiger partial charge is 0.410 e. The van der Waals surface area contributed by atoms with Gasteiger partial charge in [-0.1, -0.05) is 13.8 Å². The molecule has 0 fully saturated rings. The van der Waals surface area contributed by atoms with E-state index in [1.807, 2.05) is 0 Å². The number of nitrogens with one attached hydrogen (secondary N) is 2. The highest BCUT2D eigenvalue weighted by Crippen LogP contribution is 2.22. The molecule has 0 unspecified atom stereocenters. The Labute approximate surface area is 160 Å². The van der Waals surface area contributed by atoms with Crippen molar-refractivity contribution >= 4 is 29.2 Å². The lowest BCUT2D eigenvalue weighted by atomic mass is 9.99. The zero-order chi connectivity index (χ0) is 21.3. The second kappa shape index (κ2) is 7.46. The van der Waals surface area contributed by atoms with Crippen molar-refractivity contribution in [1.82, 2.24) is 24.8 Å². The molecule has 2 aromatic heterocycles. The fourth-order valence-corrected chi connectivity index (χ4v) is 2.40. The first-order chi connectivity index (χ1) is 12.9. The Kier molecular flexibility index (Phi) is 5.64. The number of rotatable bonds is 6. The number of imidazole rings is 1. The van der Waals surface area contributed by atoms with Crippen molar-refractivity contribution in [2.75, 3.05) is 5.73 Å². The highest BCUT2D eigenvalue weighted by Gasteiger charge is 2.46. The Balaban J connectivity index is 2.33. The van der Waals surface area contributed by atoms with Gasteiger partial charge in [0.25, 0.3) is 5.56 Å². The SMILES string of the molecule is CC(C)[C@@](NC(=O)OC(C)(C)C)(OCn1cnc2c(=O)[nH]c(N)nc21)C(=O)O. The van der Waals surface area contributed by atoms with Crippen LogP contribution < -0.4 is 16.6 Å². The third-order valence-corrected chi connectivity index (χ3v) is 3.74. The summed E-state index contributed by atoms with van der Waals surface area (Å²) >= 11 is 0. The van der Waals surface area contributed by atoms with Crippen molar-refractivity contribution in [1.29, 1.82) is 0 Å². The molecule has 0 aliphatic carbocycles. The molecular weight excluding hydrogens is 372 g/mol. The molecule has 0 bridgehead atoms. The van der Waals surface area contributed by atoms with Crippen molar-refractivity contribution in [3.8, 4) is 0 Å². The lowest BCUT2D eigenvalue weighted by molar-refractivity contribution is -0.186. The molecule has 12 nitrogen and oxygen atoms in total. The standard InChI is InChI=1S/C16H24N6O6/c1-8(2)16(12(24)25,21-14(26)28-15(3,4)5)27-7-22-6-18-9-10(22)19-13(17)20-11(9)23/h6,8H,7H2,1-5H3,(H,21,26)(H,24,25)(H3,17,19,20,23)/t16-/m1/s1. The number of carboxylic acids is 1. The first-order valence-electron chi connectivity index (χ1n) is 8.45. The van der Waals surface area contributed by atoms with Crippen molar-refractivity contribution in [3.05, 3.63) is 16.7 Å². The second-order valence-corrected chi connectivity index (χ2v) is 7.43. The number of amides is 1. The summed E-state index contributed by atoms with van der Waals surface area (Å²) in [5, 5.41) is 12.1. The van der Waals surface area contributed by atoms with Crippen molar-refractivity contribution in [2.24, 2.45) is 5.92 Å². The molecule has 1 amide bonds. The fraction of sp³-hybridized carbons (Fsp3) is 0.562. The van der Waals surface area contributed by atoms with E-state index in [1.54, 1.807) is 34.6 Å². The number of aliphatic carboxylic acids is 1. The van der Waals surface area contributed by atoms with E-state index in [0.717, 1.165) is 0 Å². The van der Waals surface area contributed by atoms with Gasteiger partial charge in [0.2, 0.25) is 11.7 Å². The zero-order valence-electron chi connectivity index (χ0n) is 16.3. The van der Waals surface area contributed by atoms with Crippen molar-refractivity contribution < 1.29 is 24.2 Å². The number of nitrogens with two attached hydrogens (primary N) is 1. The number of carboxylic acid groups (broad SMARTS) is 1. The minimum atomic E-state index is -2.09. The number of carbonyl (C=O) groups excluding carboxylic acids is 1. The maximum absolute atomic E-state index is 12.2. The average molecular weight is 396 g/mol. The molecule has 1 atom stereocenters. The molecule has 0 saturated carbocycles. The number of carbonyl (C=O) groups is 2. The second-order valence-electron chi connectivity index (χ2n) is 7.43. The molecule has 0 radical (unpaired) electrons. The first kappa shape index (κ1) is 21.2. The van der Waals surface area contributed by atoms with Crippen LogP contribution in [0.5, 0.6) is 0 Å². The Bertz CT molecular complexity index is 943. The van der Waals surface area contributed by atoms with E-state index in [2.05, 4.69) is 20.3 Å². The van der Waals surface area contributed by atoms with Crippen molar-refractivity contribution in [3.63, 3.8) is 0 Å². The Morgan fingerprint density at radius 2 is 2.04 bits per heavy atom. The van der Waals surface area contributed by atoms with E-state index in [4.69, 9.17) is 15.2 Å². The number of aromatic amines is 1. The number of aromatic nitrogens is 4. The Morgan fingerprint density at radius 1 is 1.39 bits per heavy atom. The summed E-state index contributed by atoms with van der Waals surface area (Å²) in [5.74, 6) is -2.21. The van der Waals surface area contributed by atoms with Crippen LogP contribution in [0.25, 0.3) is 11.2 Å². The topological polar surface area (TPSA) is 174 Å². The maximum atomic E-state index is 12.2. The largest absolute Gasteiger partial charge is 0.478 e. The average Bonchev–Trinajstić information content (AvgIpc) is 2.92. The zero-order valence-corrected chi connectivity index (χ0v) is 16.3. The molecule has 2 aromatic rings. The molecule has 5 N–H and O–H groups in total. The van der Waals surface area contributed by atoms with E-state index in [0.29, 0.717) is 0 Å². The van der Waals surface area contributed by atoms with Crippen LogP contribution in [-0.4, -0.2) is 48.0 Å². The molecule has 0 spiro atoms. The van der Waals surface area contributed by atoms with E-state index in [9.17, 15) is 19.5 Å². The number of ether oxygens (including phenoxy) is 2. The van der Waals surface area contributed by atoms with Crippen LogP contribution in [0.2, 0.25) is 0 Å². The van der Waals surface area contributed by atoms with Gasteiger partial charge in [-0.3, -0.25) is 19.7 Å². The van der Waals surface area contributed by atoms with Crippen molar-refractivity contribution in [2.45, 2.75) is 52.7 Å². The molecule has 2 heterocycles. The summed E-state index contributed by atoms with van der Waals surface area (Å²) in [7, 11) is 0. The van der Waals surface area contributed by atoms with Crippen LogP contribution in [0.15, 0.2) is 11.1 Å². The van der Waals surface area contributed by atoms with Crippen LogP contribution in [0, 0.1) is 5.92 Å². The quantitative estimate of drug-likeness (QED) is 0.510. The van der Waals surface area contributed by atoms with Gasteiger partial charge in [0.05, 0.1) is 6.33 Å². The summed E-state index contributed by atoms with van der Waals surface area (Å²) in [4.78, 5) is 46.2. The van der Waals surface area contributed by atoms with Gasteiger partial charge >= 0.3 is 12.1 Å². The van der Waals surface area contributed by atoms with E-state index >= 15 is 0 Å². The number of nitrogens with zero attached hydrogens (tertiary/aromatic N) is 3. The van der Waals surface area contributed by atoms with Crippen LogP contribution >= 0.6 is 0 Å². The monoisotopic (exact) mass is 396 g/mol. The summed E-state index contributed by atoms with van der Waals surface area (Å²) in [5.41, 5.74) is 2.21. The molecular formula is C16H24N6O6. The molecule has 28 heavy (non-hydrogen) atoms. The Morgan fingerprint density at radius 3 is 2.57 bits per heavy atom. The molecule has 0 aromatic carbocycles. The van der Waals surface area contributed by atoms with Gasteiger partial charge in [0.15, 0.2) is 11.2 Å². The molecule has 0 aliphatic rings. The fourth-order valence-electron chi connectivity index (χ4n) is 2.40. The number of fused-ring (bicyclic) bond motifs is 1. The highest BCUT2D eigenvalue weighted by molar-refractivity contribution is 5.83. The van der Waals surface area contributed by atoms with Crippen LogP contribution in [0.3, 0.4) is 0 Å². The van der Waals surface area contributed by atoms with Gasteiger partial charge in [-0.05, 0) is 20.8 Å². The third kappa shape index (κ3) is 4.39. The van der Waals surface area contributed by atoms with Crippen LogP contribution in [-0.2, 0) is 21.0 Å². The normalized spacial score (nSPS) is 14.1. The van der Waals surface area contributed by atoms with Crippen LogP contribution in [0.4, 0.5) is 10.7 Å². The van der Waals surface area contributed by atoms with E-state index in [-0.39, 0.29) is 23.8 Å². The van der Waals surface area contributed by atoms with Gasteiger partial charge in [0, 0.05) is 5.92 Å². The first-order valence-corrected chi connectivity index (χ1v) is 8.45. The predicted molar refractivity (Wildman–Crippen MR) is 98.2 cm³/mol. The molecule has 0 saturated heterocycles. The molecule has 12 heteroatoms. The third-order valence-electron chi connectivity index (χ3n) is 3.74. The van der Waals surface area contributed by atoms with Gasteiger partial charge in [-0.25, -0.2) is 14.6 Å². The predicted octanol–water partition coefficient (Wildman–Crippen LogP) is 0.638. The number of hydrogen-bond acceptors (Lipinski definition) is 8. The summed E-state index contributed by atoms with van der Waals surface area (Å²) < 4.78 is 12.0. The Hall–Kier alpha value is -3.15. The number of nitrogen functional groups attached to an aromatic ring is 1.